The van der Waals surface area contributed by atoms with Crippen molar-refractivity contribution in [2.24, 2.45) is 0 Å². The molecule has 0 aliphatic carbocycles. The van der Waals surface area contributed by atoms with Gasteiger partial charge in [-0.15, -0.1) is 0 Å². The van der Waals surface area contributed by atoms with E-state index in [9.17, 15) is 9.59 Å². The summed E-state index contributed by atoms with van der Waals surface area (Å²) in [6.07, 6.45) is 14.4. The van der Waals surface area contributed by atoms with Crippen molar-refractivity contribution in [1.29, 1.82) is 0 Å². The summed E-state index contributed by atoms with van der Waals surface area (Å²) in [5.74, 6) is -0.412. The number of allylic oxidation sites excluding steroid dienone is 8. The molecule has 1 heterocycles. The molecule has 0 aromatic heterocycles. The van der Waals surface area contributed by atoms with Gasteiger partial charge in [-0.3, -0.25) is 14.5 Å². The van der Waals surface area contributed by atoms with Crippen LogP contribution < -0.4 is 5.32 Å². The predicted octanol–water partition coefficient (Wildman–Crippen LogP) is 3.51. The van der Waals surface area contributed by atoms with E-state index in [1.54, 1.807) is 24.3 Å². The number of nitrogens with zero attached hydrogens (tertiary/aromatic N) is 1. The second kappa shape index (κ2) is 9.20. The van der Waals surface area contributed by atoms with E-state index in [0.29, 0.717) is 11.4 Å². The monoisotopic (exact) mass is 310 g/mol. The molecule has 1 fully saturated rings. The fraction of sp³-hybridized carbons (Fsp3) is 0.158. The van der Waals surface area contributed by atoms with E-state index in [4.69, 9.17) is 0 Å². The van der Waals surface area contributed by atoms with E-state index in [2.05, 4.69) is 25.1 Å². The summed E-state index contributed by atoms with van der Waals surface area (Å²) in [5, 5.41) is 3.15. The third kappa shape index (κ3) is 5.11. The summed E-state index contributed by atoms with van der Waals surface area (Å²) < 4.78 is 0. The second-order valence-electron chi connectivity index (χ2n) is 4.72. The molecular formula is C19H22N2O2. The van der Waals surface area contributed by atoms with Gasteiger partial charge < -0.3 is 5.32 Å². The van der Waals surface area contributed by atoms with Crippen molar-refractivity contribution in [3.8, 4) is 0 Å². The first kappa shape index (κ1) is 18.2. The maximum atomic E-state index is 11.8. The second-order valence-corrected chi connectivity index (χ2v) is 4.72. The van der Waals surface area contributed by atoms with Crippen molar-refractivity contribution in [3.05, 3.63) is 85.4 Å². The molecule has 0 spiro atoms. The van der Waals surface area contributed by atoms with Gasteiger partial charge in [0.05, 0.1) is 5.70 Å². The largest absolute Gasteiger partial charge is 0.356 e. The summed E-state index contributed by atoms with van der Waals surface area (Å²) in [4.78, 5) is 24.7. The molecular weight excluding hydrogens is 288 g/mol. The molecule has 23 heavy (non-hydrogen) atoms. The van der Waals surface area contributed by atoms with Crippen molar-refractivity contribution in [2.45, 2.75) is 19.8 Å². The highest BCUT2D eigenvalue weighted by molar-refractivity contribution is 6.04. The lowest BCUT2D eigenvalue weighted by atomic mass is 10.2. The average molecular weight is 310 g/mol. The molecule has 1 saturated heterocycles. The van der Waals surface area contributed by atoms with Crippen LogP contribution in [-0.4, -0.2) is 16.7 Å². The highest BCUT2D eigenvalue weighted by Crippen LogP contribution is 2.18. The fourth-order valence-electron chi connectivity index (χ4n) is 1.96. The number of carbonyl (C=O) groups excluding carboxylic acids is 2. The van der Waals surface area contributed by atoms with Gasteiger partial charge in [-0.2, -0.15) is 0 Å². The smallest absolute Gasteiger partial charge is 0.234 e. The summed E-state index contributed by atoms with van der Waals surface area (Å²) in [5.41, 5.74) is 1.96. The zero-order valence-electron chi connectivity index (χ0n) is 13.4. The van der Waals surface area contributed by atoms with Crippen LogP contribution >= 0.6 is 0 Å². The number of hydrogen-bond donors (Lipinski definition) is 1. The Morgan fingerprint density at radius 1 is 0.957 bits per heavy atom. The van der Waals surface area contributed by atoms with Crippen molar-refractivity contribution in [1.82, 2.24) is 10.2 Å². The molecule has 0 bridgehead atoms. The zero-order valence-corrected chi connectivity index (χ0v) is 13.4. The Labute approximate surface area is 137 Å². The van der Waals surface area contributed by atoms with Crippen LogP contribution in [0.1, 0.15) is 19.8 Å². The lowest BCUT2D eigenvalue weighted by Gasteiger charge is -2.14. The van der Waals surface area contributed by atoms with Gasteiger partial charge in [-0.25, -0.2) is 0 Å². The van der Waals surface area contributed by atoms with Crippen molar-refractivity contribution >= 4 is 11.8 Å². The van der Waals surface area contributed by atoms with Crippen molar-refractivity contribution in [3.63, 3.8) is 0 Å². The average Bonchev–Trinajstić information content (AvgIpc) is 2.89. The lowest BCUT2D eigenvalue weighted by molar-refractivity contribution is -0.135. The number of hydrogen-bond acceptors (Lipinski definition) is 3. The van der Waals surface area contributed by atoms with Gasteiger partial charge >= 0.3 is 0 Å². The van der Waals surface area contributed by atoms with Crippen LogP contribution in [-0.2, 0) is 9.59 Å². The van der Waals surface area contributed by atoms with Crippen LogP contribution in [0.25, 0.3) is 0 Å². The van der Waals surface area contributed by atoms with Crippen LogP contribution in [0.4, 0.5) is 0 Å². The minimum absolute atomic E-state index is 0.206. The summed E-state index contributed by atoms with van der Waals surface area (Å²) >= 11 is 0. The molecule has 0 unspecified atom stereocenters. The van der Waals surface area contributed by atoms with Gasteiger partial charge in [-0.05, 0) is 43.4 Å². The zero-order chi connectivity index (χ0) is 17.2. The van der Waals surface area contributed by atoms with Gasteiger partial charge in [0.15, 0.2) is 0 Å². The number of nitrogens with one attached hydrogen (secondary N) is 1. The van der Waals surface area contributed by atoms with E-state index in [-0.39, 0.29) is 24.7 Å². The first-order valence-corrected chi connectivity index (χ1v) is 7.32. The highest BCUT2D eigenvalue weighted by atomic mass is 16.2. The molecule has 1 aliphatic heterocycles. The molecule has 120 valence electrons. The molecule has 1 rings (SSSR count). The van der Waals surface area contributed by atoms with Crippen LogP contribution in [0, 0.1) is 0 Å². The molecule has 0 aromatic carbocycles. The van der Waals surface area contributed by atoms with Gasteiger partial charge in [0.1, 0.15) is 0 Å². The summed E-state index contributed by atoms with van der Waals surface area (Å²) in [7, 11) is 0. The number of carbonyl (C=O) groups is 2. The standard InChI is InChI=1S/C19H22N2O2/c1-5-9-10-15(6-2)20-16(7-3)11-12-17(8-4)21-18(22)13-14-19(21)23/h5-12,20H,2-4,13-14H2,1H3/b9-5-,15-10+,16-11+,17-12+. The molecule has 0 saturated carbocycles. The van der Waals surface area contributed by atoms with Gasteiger partial charge in [0.25, 0.3) is 0 Å². The Kier molecular flexibility index (Phi) is 7.27. The minimum atomic E-state index is -0.206. The van der Waals surface area contributed by atoms with E-state index in [0.717, 1.165) is 10.6 Å². The predicted molar refractivity (Wildman–Crippen MR) is 93.9 cm³/mol. The van der Waals surface area contributed by atoms with Crippen LogP contribution in [0.15, 0.2) is 85.4 Å². The minimum Gasteiger partial charge on any atom is -0.356 e. The third-order valence-electron chi connectivity index (χ3n) is 3.15. The van der Waals surface area contributed by atoms with E-state index in [1.807, 2.05) is 25.2 Å². The van der Waals surface area contributed by atoms with Crippen LogP contribution in [0.5, 0.6) is 0 Å². The molecule has 2 amide bonds. The van der Waals surface area contributed by atoms with Gasteiger partial charge in [0.2, 0.25) is 11.8 Å². The maximum absolute atomic E-state index is 11.8. The first-order chi connectivity index (χ1) is 11.1. The van der Waals surface area contributed by atoms with E-state index in [1.165, 1.54) is 6.08 Å². The van der Waals surface area contributed by atoms with Crippen molar-refractivity contribution in [2.75, 3.05) is 0 Å². The van der Waals surface area contributed by atoms with Gasteiger partial charge in [-0.1, -0.05) is 31.9 Å². The fourth-order valence-corrected chi connectivity index (χ4v) is 1.96. The number of likely N-dealkylation sites (tertiary alicyclic amines) is 1. The summed E-state index contributed by atoms with van der Waals surface area (Å²) in [6, 6.07) is 0. The van der Waals surface area contributed by atoms with Gasteiger partial charge in [0, 0.05) is 24.2 Å². The highest BCUT2D eigenvalue weighted by Gasteiger charge is 2.30. The van der Waals surface area contributed by atoms with E-state index >= 15 is 0 Å². The number of amides is 2. The first-order valence-electron chi connectivity index (χ1n) is 7.32. The molecule has 1 aliphatic rings. The Morgan fingerprint density at radius 2 is 1.52 bits per heavy atom. The Balaban J connectivity index is 3.01. The molecule has 4 nitrogen and oxygen atoms in total. The number of imide groups is 1. The molecule has 0 aromatic rings. The van der Waals surface area contributed by atoms with Crippen LogP contribution in [0.3, 0.4) is 0 Å². The molecule has 4 heteroatoms. The lowest BCUT2D eigenvalue weighted by Crippen LogP contribution is -2.27. The Hall–Kier alpha value is -2.88. The number of rotatable bonds is 8. The van der Waals surface area contributed by atoms with Crippen molar-refractivity contribution < 1.29 is 9.59 Å². The SMILES string of the molecule is C=C/C(=C\C=C/C)N/C(C=C)=C/C=C(\C=C)N1C(=O)CCC1=O. The maximum Gasteiger partial charge on any atom is 0.234 e. The topological polar surface area (TPSA) is 49.4 Å². The Morgan fingerprint density at radius 3 is 2.00 bits per heavy atom. The quantitative estimate of drug-likeness (QED) is 0.551. The molecule has 0 radical (unpaired) electrons. The molecule has 1 N–H and O–H groups in total. The molecule has 0 atom stereocenters. The van der Waals surface area contributed by atoms with Crippen LogP contribution in [0.2, 0.25) is 0 Å². The third-order valence-corrected chi connectivity index (χ3v) is 3.15. The summed E-state index contributed by atoms with van der Waals surface area (Å²) in [6.45, 7) is 13.1. The van der Waals surface area contributed by atoms with E-state index < -0.39 is 0 Å². The Bertz CT molecular complexity index is 618. The normalized spacial score (nSPS) is 16.9.